The van der Waals surface area contributed by atoms with Gasteiger partial charge in [0.05, 0.1) is 6.04 Å². The average molecular weight is 542 g/mol. The summed E-state index contributed by atoms with van der Waals surface area (Å²) in [6, 6.07) is 5.23. The van der Waals surface area contributed by atoms with E-state index < -0.39 is 23.3 Å². The summed E-state index contributed by atoms with van der Waals surface area (Å²) in [7, 11) is 1.57. The van der Waals surface area contributed by atoms with Crippen LogP contribution in [0, 0.1) is 11.6 Å². The summed E-state index contributed by atoms with van der Waals surface area (Å²) in [6.07, 6.45) is 3.87. The smallest absolute Gasteiger partial charge is 0.317 e. The van der Waals surface area contributed by atoms with Crippen molar-refractivity contribution in [1.29, 1.82) is 0 Å². The van der Waals surface area contributed by atoms with Gasteiger partial charge in [-0.2, -0.15) is 5.10 Å². The van der Waals surface area contributed by atoms with E-state index in [1.54, 1.807) is 30.3 Å². The summed E-state index contributed by atoms with van der Waals surface area (Å²) in [5.41, 5.74) is -0.0129. The minimum atomic E-state index is -0.889. The number of nitrogens with zero attached hydrogens (tertiary/aromatic N) is 5. The van der Waals surface area contributed by atoms with Gasteiger partial charge >= 0.3 is 6.03 Å². The first kappa shape index (κ1) is 26.9. The summed E-state index contributed by atoms with van der Waals surface area (Å²) in [4.78, 5) is 27.2. The number of carbonyl (C=O) groups is 1. The summed E-state index contributed by atoms with van der Waals surface area (Å²) < 4.78 is 36.4. The van der Waals surface area contributed by atoms with Gasteiger partial charge in [-0.05, 0) is 63.1 Å². The highest BCUT2D eigenvalue weighted by Gasteiger charge is 2.36. The molecule has 39 heavy (non-hydrogen) atoms. The number of hydrogen-bond donors (Lipinski definition) is 2. The van der Waals surface area contributed by atoms with Crippen molar-refractivity contribution < 1.29 is 18.3 Å². The Labute approximate surface area is 224 Å². The number of amides is 2. The zero-order chi connectivity index (χ0) is 27.7. The lowest BCUT2D eigenvalue weighted by Crippen LogP contribution is -2.46. The molecule has 2 amide bonds. The number of nitrogens with one attached hydrogen (secondary N) is 2. The van der Waals surface area contributed by atoms with Crippen LogP contribution in [0.25, 0.3) is 0 Å². The molecule has 1 saturated heterocycles. The van der Waals surface area contributed by atoms with Crippen LogP contribution < -0.4 is 10.9 Å². The van der Waals surface area contributed by atoms with Gasteiger partial charge in [0.15, 0.2) is 23.3 Å². The van der Waals surface area contributed by atoms with Crippen LogP contribution in [-0.4, -0.2) is 56.1 Å². The van der Waals surface area contributed by atoms with Gasteiger partial charge in [0.2, 0.25) is 0 Å². The number of halogens is 2. The molecule has 3 aromatic rings. The fourth-order valence-electron chi connectivity index (χ4n) is 5.63. The lowest BCUT2D eigenvalue weighted by Gasteiger charge is -2.33. The Morgan fingerprint density at radius 3 is 2.56 bits per heavy atom. The Hall–Kier alpha value is -3.67. The van der Waals surface area contributed by atoms with Gasteiger partial charge in [0.25, 0.3) is 5.56 Å². The van der Waals surface area contributed by atoms with Crippen LogP contribution in [0.2, 0.25) is 0 Å². The van der Waals surface area contributed by atoms with Gasteiger partial charge < -0.3 is 19.5 Å². The number of aromatic amines is 1. The van der Waals surface area contributed by atoms with E-state index >= 15 is 0 Å². The van der Waals surface area contributed by atoms with Crippen molar-refractivity contribution in [2.24, 2.45) is 0 Å². The normalized spacial score (nSPS) is 20.4. The zero-order valence-corrected chi connectivity index (χ0v) is 22.3. The fourth-order valence-corrected chi connectivity index (χ4v) is 5.63. The van der Waals surface area contributed by atoms with Crippen LogP contribution in [0.3, 0.4) is 0 Å². The highest BCUT2D eigenvalue weighted by molar-refractivity contribution is 5.74. The quantitative estimate of drug-likeness (QED) is 0.508. The van der Waals surface area contributed by atoms with E-state index in [1.165, 1.54) is 6.07 Å². The number of urea groups is 1. The third kappa shape index (κ3) is 5.29. The Bertz CT molecular complexity index is 1400. The van der Waals surface area contributed by atoms with Crippen LogP contribution in [0.4, 0.5) is 13.6 Å². The predicted octanol–water partition coefficient (Wildman–Crippen LogP) is 3.73. The zero-order valence-electron chi connectivity index (χ0n) is 22.3. The Kier molecular flexibility index (Phi) is 7.48. The first-order valence-corrected chi connectivity index (χ1v) is 13.2. The lowest BCUT2D eigenvalue weighted by atomic mass is 9.90. The van der Waals surface area contributed by atoms with E-state index in [-0.39, 0.29) is 29.0 Å². The molecule has 208 valence electrons. The van der Waals surface area contributed by atoms with Gasteiger partial charge in [0.1, 0.15) is 5.60 Å². The topological polar surface area (TPSA) is 118 Å². The molecule has 0 radical (unpaired) electrons. The number of hydrogen-bond acceptors (Lipinski definition) is 6. The maximum absolute atomic E-state index is 14.8. The largest absolute Gasteiger partial charge is 0.371 e. The molecule has 5 rings (SSSR count). The first-order valence-electron chi connectivity index (χ1n) is 13.2. The summed E-state index contributed by atoms with van der Waals surface area (Å²) in [5.74, 6) is -0.934. The van der Waals surface area contributed by atoms with Crippen molar-refractivity contribution in [1.82, 2.24) is 35.2 Å². The average Bonchev–Trinajstić information content (AvgIpc) is 3.28. The third-order valence-electron chi connectivity index (χ3n) is 8.04. The van der Waals surface area contributed by atoms with E-state index in [1.807, 2.05) is 18.4 Å². The van der Waals surface area contributed by atoms with Gasteiger partial charge in [-0.25, -0.2) is 18.7 Å². The molecular weight excluding hydrogens is 508 g/mol. The Morgan fingerprint density at radius 2 is 1.85 bits per heavy atom. The summed E-state index contributed by atoms with van der Waals surface area (Å²) >= 11 is 0. The molecule has 12 heteroatoms. The van der Waals surface area contributed by atoms with Crippen LogP contribution in [0.5, 0.6) is 0 Å². The van der Waals surface area contributed by atoms with Crippen molar-refractivity contribution >= 4 is 6.03 Å². The second-order valence-electron chi connectivity index (χ2n) is 10.7. The van der Waals surface area contributed by atoms with Crippen molar-refractivity contribution in [2.75, 3.05) is 20.2 Å². The van der Waals surface area contributed by atoms with Gasteiger partial charge in [0, 0.05) is 44.4 Å². The molecule has 0 unspecified atom stereocenters. The van der Waals surface area contributed by atoms with Gasteiger partial charge in [-0.15, -0.1) is 10.2 Å². The molecule has 2 aromatic heterocycles. The Morgan fingerprint density at radius 1 is 1.08 bits per heavy atom. The van der Waals surface area contributed by atoms with E-state index in [9.17, 15) is 18.4 Å². The predicted molar refractivity (Wildman–Crippen MR) is 138 cm³/mol. The van der Waals surface area contributed by atoms with Crippen LogP contribution >= 0.6 is 0 Å². The lowest BCUT2D eigenvalue weighted by molar-refractivity contribution is 0.00785. The van der Waals surface area contributed by atoms with Crippen LogP contribution in [0.15, 0.2) is 35.3 Å². The molecule has 0 bridgehead atoms. The summed E-state index contributed by atoms with van der Waals surface area (Å²) in [6.45, 7) is 5.04. The molecule has 0 saturated carbocycles. The maximum atomic E-state index is 14.8. The number of ether oxygens (including phenoxy) is 1. The molecule has 2 N–H and O–H groups in total. The second kappa shape index (κ2) is 10.8. The molecule has 1 aromatic carbocycles. The Balaban J connectivity index is 1.36. The number of piperidine rings is 1. The van der Waals surface area contributed by atoms with Crippen molar-refractivity contribution in [2.45, 2.75) is 69.6 Å². The fraction of sp³-hybridized carbons (Fsp3) is 0.519. The number of likely N-dealkylation sites (tertiary alicyclic amines) is 1. The molecular formula is C27H33F2N7O3. The number of methoxy groups -OCH3 is 1. The standard InChI is InChI=1S/C27H33F2N7O3/c1-27(2,39-3)25-34-32-23-21(8-7-17(15-36(23)25)18-5-4-6-20(28)22(18)29)31-26(38)35-13-10-16(11-14-35)19-9-12-30-33-24(19)37/h4-6,9,12,16-17,21H,7-8,10-11,13-15H2,1-3H3,(H,31,38)(H,33,37)/t17-,21-/m1/s1. The van der Waals surface area contributed by atoms with E-state index in [0.29, 0.717) is 62.5 Å². The number of fused-ring (bicyclic) bond motifs is 1. The van der Waals surface area contributed by atoms with Gasteiger partial charge in [-0.3, -0.25) is 4.79 Å². The minimum Gasteiger partial charge on any atom is -0.371 e. The SMILES string of the molecule is COC(C)(C)c1nnc2n1C[C@H](c1cccc(F)c1F)CC[C@H]2NC(=O)N1CCC(c2ccn[nH]c2=O)CC1. The molecule has 2 atom stereocenters. The molecule has 2 aliphatic rings. The molecule has 10 nitrogen and oxygen atoms in total. The highest BCUT2D eigenvalue weighted by Crippen LogP contribution is 2.37. The minimum absolute atomic E-state index is 0.0579. The number of aromatic nitrogens is 5. The second-order valence-corrected chi connectivity index (χ2v) is 10.7. The number of benzene rings is 1. The number of rotatable bonds is 5. The van der Waals surface area contributed by atoms with Crippen LogP contribution in [-0.2, 0) is 16.9 Å². The molecule has 4 heterocycles. The van der Waals surface area contributed by atoms with Gasteiger partial charge in [-0.1, -0.05) is 12.1 Å². The van der Waals surface area contributed by atoms with E-state index in [4.69, 9.17) is 4.74 Å². The third-order valence-corrected chi connectivity index (χ3v) is 8.04. The number of H-pyrrole nitrogens is 1. The first-order chi connectivity index (χ1) is 18.7. The van der Waals surface area contributed by atoms with Crippen molar-refractivity contribution in [3.63, 3.8) is 0 Å². The summed E-state index contributed by atoms with van der Waals surface area (Å²) in [5, 5.41) is 18.2. The molecule has 1 fully saturated rings. The van der Waals surface area contributed by atoms with Crippen LogP contribution in [0.1, 0.15) is 80.2 Å². The van der Waals surface area contributed by atoms with E-state index in [0.717, 1.165) is 6.07 Å². The molecule has 0 spiro atoms. The highest BCUT2D eigenvalue weighted by atomic mass is 19.2. The molecule has 2 aliphatic heterocycles. The van der Waals surface area contributed by atoms with Crippen molar-refractivity contribution in [3.8, 4) is 0 Å². The van der Waals surface area contributed by atoms with E-state index in [2.05, 4.69) is 25.7 Å². The van der Waals surface area contributed by atoms with Crippen molar-refractivity contribution in [3.05, 3.63) is 75.2 Å². The molecule has 0 aliphatic carbocycles. The monoisotopic (exact) mass is 541 g/mol. The number of carbonyl (C=O) groups excluding carboxylic acids is 1. The maximum Gasteiger partial charge on any atom is 0.317 e.